The van der Waals surface area contributed by atoms with Crippen LogP contribution in [0, 0.1) is 0 Å². The van der Waals surface area contributed by atoms with Crippen molar-refractivity contribution in [1.29, 1.82) is 0 Å². The predicted molar refractivity (Wildman–Crippen MR) is 638 cm³/mol. The molecule has 2 aliphatic rings. The molecule has 0 fully saturated rings. The van der Waals surface area contributed by atoms with Crippen LogP contribution in [-0.2, 0) is 89.3 Å². The number of nitrogens with zero attached hydrogens (tertiary/aromatic N) is 2. The molecule has 0 saturated heterocycles. The zero-order valence-electron chi connectivity index (χ0n) is 88.8. The molecule has 0 saturated carbocycles. The Morgan fingerprint density at radius 2 is 0.292 bits per heavy atom. The molecule has 0 atom stereocenters. The number of nitrogens with one attached hydrogen (secondary N) is 2. The van der Waals surface area contributed by atoms with Gasteiger partial charge in [0.2, 0.25) is 0 Å². The quantitative estimate of drug-likeness (QED) is 0.0464. The minimum Gasteiger partial charge on any atom is -0.354 e. The van der Waals surface area contributed by atoms with Crippen LogP contribution in [0.1, 0.15) is 278 Å². The van der Waals surface area contributed by atoms with Gasteiger partial charge in [0.1, 0.15) is 0 Å². The van der Waals surface area contributed by atoms with Gasteiger partial charge in [0, 0.05) is 130 Å². The van der Waals surface area contributed by atoms with E-state index in [-0.39, 0.29) is 43.3 Å². The summed E-state index contributed by atoms with van der Waals surface area (Å²) in [5.41, 5.74) is 36.6. The minimum absolute atomic E-state index is 0.0335. The Morgan fingerprint density at radius 3 is 0.410 bits per heavy atom. The molecular formula is C132H142N4S8. The maximum atomic E-state index is 6.22. The molecule has 0 radical (unpaired) electrons. The first kappa shape index (κ1) is 105. The number of benzene rings is 12. The lowest BCUT2D eigenvalue weighted by Crippen LogP contribution is -2.10. The van der Waals surface area contributed by atoms with E-state index in [1.54, 1.807) is 0 Å². The molecule has 738 valence electrons. The Morgan fingerprint density at radius 1 is 0.167 bits per heavy atom. The normalized spacial score (nSPS) is 12.8. The van der Waals surface area contributed by atoms with E-state index in [4.69, 9.17) is 9.97 Å². The van der Waals surface area contributed by atoms with E-state index in [9.17, 15) is 0 Å². The first-order chi connectivity index (χ1) is 68.2. The Kier molecular flexibility index (Phi) is 32.1. The molecule has 17 rings (SSSR count). The fourth-order valence-corrected chi connectivity index (χ4v) is 25.1. The lowest BCUT2D eigenvalue weighted by atomic mass is 9.87. The fourth-order valence-electron chi connectivity index (χ4n) is 18.5. The maximum absolute atomic E-state index is 6.22. The molecule has 2 aliphatic heterocycles. The molecule has 5 heterocycles. The summed E-state index contributed by atoms with van der Waals surface area (Å²) in [4.78, 5) is 31.0. The van der Waals surface area contributed by atoms with E-state index in [1.807, 2.05) is 94.1 Å². The largest absolute Gasteiger partial charge is 0.354 e. The number of hydrogen-bond acceptors (Lipinski definition) is 10. The van der Waals surface area contributed by atoms with Gasteiger partial charge < -0.3 is 9.97 Å². The predicted octanol–water partition coefficient (Wildman–Crippen LogP) is 40.0. The zero-order chi connectivity index (χ0) is 102. The van der Waals surface area contributed by atoms with E-state index in [0.717, 1.165) is 135 Å². The monoisotopic (exact) mass is 2040 g/mol. The highest BCUT2D eigenvalue weighted by atomic mass is 32.2. The minimum atomic E-state index is 0.0335. The molecule has 12 aromatic carbocycles. The van der Waals surface area contributed by atoms with Gasteiger partial charge in [-0.1, -0.05) is 336 Å². The average molecular weight is 2040 g/mol. The van der Waals surface area contributed by atoms with Crippen molar-refractivity contribution < 1.29 is 0 Å². The van der Waals surface area contributed by atoms with Gasteiger partial charge in [0.15, 0.2) is 0 Å². The van der Waals surface area contributed by atoms with Crippen molar-refractivity contribution in [3.63, 3.8) is 0 Å². The lowest BCUT2D eigenvalue weighted by Gasteiger charge is -2.19. The molecule has 0 amide bonds. The second kappa shape index (κ2) is 43.8. The van der Waals surface area contributed by atoms with Crippen molar-refractivity contribution in [2.75, 3.05) is 0 Å². The first-order valence-electron chi connectivity index (χ1n) is 50.8. The second-order valence-corrected chi connectivity index (χ2v) is 55.5. The number of thioether (sulfide) groups is 8. The van der Waals surface area contributed by atoms with Crippen LogP contribution in [0.5, 0.6) is 0 Å². The van der Waals surface area contributed by atoms with E-state index < -0.39 is 0 Å². The van der Waals surface area contributed by atoms with Crippen LogP contribution in [0.4, 0.5) is 0 Å². The third-order valence-electron chi connectivity index (χ3n) is 27.1. The number of hydrogen-bond donors (Lipinski definition) is 2. The van der Waals surface area contributed by atoms with E-state index in [1.165, 1.54) is 128 Å². The molecule has 2 N–H and O–H groups in total. The smallest absolute Gasteiger partial charge is 0.0737 e. The fraction of sp³-hybridized carbons (Fsp3) is 0.303. The molecule has 15 aromatic rings. The molecule has 3 aromatic heterocycles. The second-order valence-electron chi connectivity index (χ2n) is 47.2. The van der Waals surface area contributed by atoms with Crippen LogP contribution < -0.4 is 0 Å². The van der Waals surface area contributed by atoms with Crippen LogP contribution in [-0.4, -0.2) is 19.9 Å². The van der Waals surface area contributed by atoms with E-state index >= 15 is 0 Å². The lowest BCUT2D eigenvalue weighted by molar-refractivity contribution is 0.589. The number of aromatic amines is 2. The Bertz CT molecular complexity index is 6150. The molecule has 8 bridgehead atoms. The topological polar surface area (TPSA) is 57.4 Å². The van der Waals surface area contributed by atoms with Crippen molar-refractivity contribution in [3.8, 4) is 44.5 Å². The van der Waals surface area contributed by atoms with Crippen molar-refractivity contribution in [1.82, 2.24) is 19.9 Å². The van der Waals surface area contributed by atoms with Crippen molar-refractivity contribution >= 4 is 140 Å². The standard InChI is InChI=1S/C132H142N4S8/c1-125(2,3)97-25-41-105(42-26-97)137-77-85-65-86(78-138-106-43-27-98(28-44-106)126(4,5)6)70-93(69-85)121-113-57-59-115(133-113)122(94-71-87(79-139-107-45-29-99(30-46-107)127(7,8)9)66-88(72-94)80-140-108-47-31-100(32-48-108)128(10,11)12)117-61-63-119(135-117)124(96-75-91(83-143-111-53-37-103(38-54-111)131(19,20)21)68-92(76-96)84-144-112-55-39-104(40-56-112)132(22,23)24)120-64-62-118(136-120)123(116-60-58-114(121)134-116)95-73-89(81-141-109-49-33-101(34-50-109)129(13,14)15)67-90(74-95)82-142-110-51-35-102(36-52-110)130(16,17)18/h25-76,133,136H,77-84H2,1-24H3. The number of H-pyrrole nitrogens is 2. The van der Waals surface area contributed by atoms with Crippen LogP contribution in [0.2, 0.25) is 0 Å². The van der Waals surface area contributed by atoms with Gasteiger partial charge >= 0.3 is 0 Å². The Labute approximate surface area is 894 Å². The summed E-state index contributed by atoms with van der Waals surface area (Å²) in [6, 6.07) is 113. The summed E-state index contributed by atoms with van der Waals surface area (Å²) in [5.74, 6) is 6.11. The van der Waals surface area contributed by atoms with Gasteiger partial charge in [-0.3, -0.25) is 0 Å². The van der Waals surface area contributed by atoms with Gasteiger partial charge in [-0.15, -0.1) is 94.1 Å². The molecule has 144 heavy (non-hydrogen) atoms. The number of aromatic nitrogens is 4. The average Bonchev–Trinajstić information content (AvgIpc) is 1.60. The SMILES string of the molecule is CC(C)(C)c1ccc(SCc2cc(CSc3ccc(C(C)(C)C)cc3)cc(-c3c4nc(c(-c5cc(CSc6ccc(C(C)(C)C)cc6)cc(CSc6ccc(C(C)(C)C)cc6)c5)c5ccc([nH]5)c(-c5cc(CSc6ccc(C(C)(C)C)cc6)cc(CSc6ccc(C(C)(C)C)cc6)c5)c5nc(c(-c6cc(CSc7ccc(C(C)(C)C)cc7)cc(CSc7ccc(C(C)(C)C)cc7)c6)c6ccc3[nH]6)C=C5)C=C4)c2)cc1. The molecule has 0 aliphatic carbocycles. The highest BCUT2D eigenvalue weighted by Gasteiger charge is 2.27. The summed E-state index contributed by atoms with van der Waals surface area (Å²) in [6.07, 6.45) is 9.23. The number of fused-ring (bicyclic) bond motifs is 8. The van der Waals surface area contributed by atoms with E-state index in [0.29, 0.717) is 0 Å². The highest BCUT2D eigenvalue weighted by molar-refractivity contribution is 8.00. The summed E-state index contributed by atoms with van der Waals surface area (Å²) in [6.45, 7) is 55.2. The summed E-state index contributed by atoms with van der Waals surface area (Å²) < 4.78 is 0. The Balaban J connectivity index is 0.938. The molecular weight excluding hydrogens is 1900 g/mol. The molecule has 0 unspecified atom stereocenters. The van der Waals surface area contributed by atoms with Crippen molar-refractivity contribution in [2.45, 2.75) is 295 Å². The van der Waals surface area contributed by atoms with Crippen LogP contribution in [0.25, 0.3) is 90.9 Å². The third kappa shape index (κ3) is 27.0. The molecule has 0 spiro atoms. The molecule has 12 heteroatoms. The van der Waals surface area contributed by atoms with Gasteiger partial charge in [0.05, 0.1) is 22.8 Å². The van der Waals surface area contributed by atoms with Gasteiger partial charge in [-0.25, -0.2) is 9.97 Å². The Hall–Kier alpha value is -9.96. The third-order valence-corrected chi connectivity index (χ3v) is 35.8. The molecule has 4 nitrogen and oxygen atoms in total. The zero-order valence-corrected chi connectivity index (χ0v) is 95.4. The van der Waals surface area contributed by atoms with Crippen LogP contribution in [0.3, 0.4) is 0 Å². The van der Waals surface area contributed by atoms with Gasteiger partial charge in [-0.2, -0.15) is 0 Å². The summed E-state index contributed by atoms with van der Waals surface area (Å²) in [7, 11) is 0. The summed E-state index contributed by atoms with van der Waals surface area (Å²) in [5, 5.41) is 0. The highest BCUT2D eigenvalue weighted by Crippen LogP contribution is 2.47. The van der Waals surface area contributed by atoms with Crippen LogP contribution in [0.15, 0.2) is 330 Å². The maximum Gasteiger partial charge on any atom is 0.0737 e. The van der Waals surface area contributed by atoms with Gasteiger partial charge in [-0.05, 0) is 300 Å². The van der Waals surface area contributed by atoms with Crippen molar-refractivity contribution in [2.24, 2.45) is 0 Å². The van der Waals surface area contributed by atoms with Crippen molar-refractivity contribution in [3.05, 3.63) is 403 Å². The van der Waals surface area contributed by atoms with Crippen LogP contribution >= 0.6 is 94.1 Å². The summed E-state index contributed by atoms with van der Waals surface area (Å²) >= 11 is 15.2. The van der Waals surface area contributed by atoms with Gasteiger partial charge in [0.25, 0.3) is 0 Å². The number of rotatable bonds is 28. The van der Waals surface area contributed by atoms with E-state index in [2.05, 4.69) is 492 Å². The first-order valence-corrected chi connectivity index (χ1v) is 58.7.